The number of nitrogens with two attached hydrogens (primary N) is 1. The highest BCUT2D eigenvalue weighted by molar-refractivity contribution is 5.94. The number of hydrogen-bond donors (Lipinski definition) is 2. The summed E-state index contributed by atoms with van der Waals surface area (Å²) in [6.07, 6.45) is 5.06. The van der Waals surface area contributed by atoms with Crippen molar-refractivity contribution in [2.45, 2.75) is 13.5 Å². The summed E-state index contributed by atoms with van der Waals surface area (Å²) in [7, 11) is 0. The van der Waals surface area contributed by atoms with E-state index < -0.39 is 12.5 Å². The van der Waals surface area contributed by atoms with Gasteiger partial charge in [-0.25, -0.2) is 9.97 Å². The lowest BCUT2D eigenvalue weighted by molar-refractivity contribution is -0.0498. The third-order valence-corrected chi connectivity index (χ3v) is 4.56. The lowest BCUT2D eigenvalue weighted by Gasteiger charge is -2.10. The molecule has 2 aromatic carbocycles. The van der Waals surface area contributed by atoms with Crippen molar-refractivity contribution in [3.05, 3.63) is 72.2 Å². The number of imidazole rings is 1. The van der Waals surface area contributed by atoms with Gasteiger partial charge >= 0.3 is 6.61 Å². The molecule has 0 radical (unpaired) electrons. The smallest absolute Gasteiger partial charge is 0.387 e. The third-order valence-electron chi connectivity index (χ3n) is 4.56. The number of fused-ring (bicyclic) bond motifs is 1. The van der Waals surface area contributed by atoms with E-state index in [-0.39, 0.29) is 5.75 Å². The fraction of sp³-hybridized carbons (Fsp3) is 0.0952. The first-order valence-corrected chi connectivity index (χ1v) is 8.97. The van der Waals surface area contributed by atoms with E-state index in [1.165, 1.54) is 12.1 Å². The maximum absolute atomic E-state index is 12.3. The van der Waals surface area contributed by atoms with E-state index in [1.54, 1.807) is 55.8 Å². The Morgan fingerprint density at radius 1 is 1.17 bits per heavy atom. The van der Waals surface area contributed by atoms with Crippen LogP contribution in [0.15, 0.2) is 61.1 Å². The van der Waals surface area contributed by atoms with E-state index in [0.717, 1.165) is 22.5 Å². The number of alkyl halides is 2. The molecule has 7 nitrogen and oxygen atoms in total. The largest absolute Gasteiger partial charge is 0.435 e. The summed E-state index contributed by atoms with van der Waals surface area (Å²) in [5.41, 5.74) is 9.41. The summed E-state index contributed by atoms with van der Waals surface area (Å²) >= 11 is 0. The molecule has 0 aliphatic rings. The zero-order chi connectivity index (χ0) is 21.3. The second kappa shape index (κ2) is 7.78. The SMILES string of the molecule is Cc1cc(Nc2nccn3c(-c4ccc(OC(F)F)cc4)cnc23)ccc1C(N)=O. The highest BCUT2D eigenvalue weighted by Crippen LogP contribution is 2.27. The van der Waals surface area contributed by atoms with Gasteiger partial charge in [0.05, 0.1) is 11.9 Å². The van der Waals surface area contributed by atoms with Gasteiger partial charge in [-0.3, -0.25) is 9.20 Å². The second-order valence-corrected chi connectivity index (χ2v) is 6.53. The van der Waals surface area contributed by atoms with Crippen LogP contribution in [-0.4, -0.2) is 26.9 Å². The van der Waals surface area contributed by atoms with Crippen LogP contribution >= 0.6 is 0 Å². The van der Waals surface area contributed by atoms with Crippen molar-refractivity contribution in [1.82, 2.24) is 14.4 Å². The maximum Gasteiger partial charge on any atom is 0.387 e. The second-order valence-electron chi connectivity index (χ2n) is 6.53. The summed E-state index contributed by atoms with van der Waals surface area (Å²) < 4.78 is 30.9. The van der Waals surface area contributed by atoms with E-state index in [2.05, 4.69) is 20.0 Å². The Kier molecular flexibility index (Phi) is 5.01. The molecule has 0 fully saturated rings. The number of rotatable bonds is 6. The quantitative estimate of drug-likeness (QED) is 0.499. The molecule has 1 amide bonds. The number of nitrogens with one attached hydrogen (secondary N) is 1. The van der Waals surface area contributed by atoms with Crippen LogP contribution < -0.4 is 15.8 Å². The molecule has 0 aliphatic heterocycles. The van der Waals surface area contributed by atoms with Gasteiger partial charge in [0.25, 0.3) is 0 Å². The summed E-state index contributed by atoms with van der Waals surface area (Å²) in [5, 5.41) is 3.20. The molecule has 3 N–H and O–H groups in total. The molecule has 4 aromatic rings. The Labute approximate surface area is 170 Å². The third kappa shape index (κ3) is 3.77. The molecule has 4 rings (SSSR count). The Morgan fingerprint density at radius 3 is 2.60 bits per heavy atom. The number of benzene rings is 2. The number of carbonyl (C=O) groups is 1. The van der Waals surface area contributed by atoms with Gasteiger partial charge in [-0.05, 0) is 55.0 Å². The number of halogens is 2. The summed E-state index contributed by atoms with van der Waals surface area (Å²) in [5.74, 6) is 0.121. The van der Waals surface area contributed by atoms with Gasteiger partial charge in [-0.1, -0.05) is 0 Å². The summed E-state index contributed by atoms with van der Waals surface area (Å²) in [4.78, 5) is 20.2. The average Bonchev–Trinajstić information content (AvgIpc) is 3.13. The summed E-state index contributed by atoms with van der Waals surface area (Å²) in [6.45, 7) is -1.07. The number of amides is 1. The Hall–Kier alpha value is -4.01. The van der Waals surface area contributed by atoms with E-state index in [9.17, 15) is 13.6 Å². The zero-order valence-electron chi connectivity index (χ0n) is 15.8. The lowest BCUT2D eigenvalue weighted by atomic mass is 10.1. The van der Waals surface area contributed by atoms with Crippen LogP contribution in [0.1, 0.15) is 15.9 Å². The standard InChI is InChI=1S/C21H17F2N5O2/c1-12-10-14(4-7-16(12)18(24)29)27-19-20-26-11-17(28(20)9-8-25-19)13-2-5-15(6-3-13)30-21(22)23/h2-11,21H,1H3,(H2,24,29)(H,25,27). The average molecular weight is 409 g/mol. The first-order chi connectivity index (χ1) is 14.4. The van der Waals surface area contributed by atoms with Crippen molar-refractivity contribution in [3.8, 4) is 17.0 Å². The fourth-order valence-electron chi connectivity index (χ4n) is 3.18. The molecule has 30 heavy (non-hydrogen) atoms. The zero-order valence-corrected chi connectivity index (χ0v) is 15.8. The van der Waals surface area contributed by atoms with Gasteiger partial charge in [0, 0.05) is 29.2 Å². The van der Waals surface area contributed by atoms with Crippen LogP contribution in [0, 0.1) is 6.92 Å². The van der Waals surface area contributed by atoms with Crippen molar-refractivity contribution >= 4 is 23.1 Å². The van der Waals surface area contributed by atoms with Gasteiger partial charge < -0.3 is 15.8 Å². The van der Waals surface area contributed by atoms with Gasteiger partial charge in [0.15, 0.2) is 11.5 Å². The number of ether oxygens (including phenoxy) is 1. The number of carbonyl (C=O) groups excluding carboxylic acids is 1. The number of hydrogen-bond acceptors (Lipinski definition) is 5. The minimum Gasteiger partial charge on any atom is -0.435 e. The molecular weight excluding hydrogens is 392 g/mol. The molecule has 0 saturated heterocycles. The number of primary amides is 1. The van der Waals surface area contributed by atoms with Crippen LogP contribution in [0.25, 0.3) is 16.9 Å². The first-order valence-electron chi connectivity index (χ1n) is 8.97. The van der Waals surface area contributed by atoms with Crippen LogP contribution in [0.5, 0.6) is 5.75 Å². The molecule has 2 heterocycles. The minimum absolute atomic E-state index is 0.0846. The highest BCUT2D eigenvalue weighted by atomic mass is 19.3. The minimum atomic E-state index is -2.87. The molecular formula is C21H17F2N5O2. The van der Waals surface area contributed by atoms with Gasteiger partial charge in [-0.15, -0.1) is 0 Å². The fourth-order valence-corrected chi connectivity index (χ4v) is 3.18. The van der Waals surface area contributed by atoms with Crippen molar-refractivity contribution in [2.24, 2.45) is 5.73 Å². The number of aromatic nitrogens is 3. The van der Waals surface area contributed by atoms with Crippen LogP contribution in [0.3, 0.4) is 0 Å². The molecule has 0 unspecified atom stereocenters. The van der Waals surface area contributed by atoms with Crippen molar-refractivity contribution in [2.75, 3.05) is 5.32 Å². The normalized spacial score (nSPS) is 11.1. The number of anilines is 2. The van der Waals surface area contributed by atoms with E-state index in [0.29, 0.717) is 17.0 Å². The van der Waals surface area contributed by atoms with Gasteiger partial charge in [0.2, 0.25) is 5.91 Å². The molecule has 152 valence electrons. The Morgan fingerprint density at radius 2 is 1.93 bits per heavy atom. The lowest BCUT2D eigenvalue weighted by Crippen LogP contribution is -2.12. The molecule has 2 aromatic heterocycles. The van der Waals surface area contributed by atoms with E-state index in [4.69, 9.17) is 5.73 Å². The molecule has 9 heteroatoms. The first kappa shape index (κ1) is 19.3. The van der Waals surface area contributed by atoms with Crippen LogP contribution in [-0.2, 0) is 0 Å². The van der Waals surface area contributed by atoms with Gasteiger partial charge in [-0.2, -0.15) is 8.78 Å². The van der Waals surface area contributed by atoms with Crippen molar-refractivity contribution in [3.63, 3.8) is 0 Å². The maximum atomic E-state index is 12.3. The van der Waals surface area contributed by atoms with Crippen molar-refractivity contribution < 1.29 is 18.3 Å². The molecule has 0 aliphatic carbocycles. The number of nitrogens with zero attached hydrogens (tertiary/aromatic N) is 3. The summed E-state index contributed by atoms with van der Waals surface area (Å²) in [6, 6.07) is 11.5. The number of aryl methyl sites for hydroxylation is 1. The Bertz CT molecular complexity index is 1220. The predicted octanol–water partition coefficient (Wildman–Crippen LogP) is 4.15. The molecule has 0 saturated carbocycles. The Balaban J connectivity index is 1.65. The topological polar surface area (TPSA) is 94.5 Å². The van der Waals surface area contributed by atoms with Crippen LogP contribution in [0.4, 0.5) is 20.3 Å². The van der Waals surface area contributed by atoms with Gasteiger partial charge in [0.1, 0.15) is 5.75 Å². The highest BCUT2D eigenvalue weighted by Gasteiger charge is 2.12. The van der Waals surface area contributed by atoms with Crippen molar-refractivity contribution in [1.29, 1.82) is 0 Å². The molecule has 0 spiro atoms. The monoisotopic (exact) mass is 409 g/mol. The molecule has 0 atom stereocenters. The van der Waals surface area contributed by atoms with E-state index in [1.807, 2.05) is 4.40 Å². The predicted molar refractivity (Wildman–Crippen MR) is 108 cm³/mol. The van der Waals surface area contributed by atoms with Crippen LogP contribution in [0.2, 0.25) is 0 Å². The molecule has 0 bridgehead atoms. The van der Waals surface area contributed by atoms with E-state index >= 15 is 0 Å².